The number of rotatable bonds is 10. The smallest absolute Gasteiger partial charge is 0.151 e. The Bertz CT molecular complexity index is 1480. The van der Waals surface area contributed by atoms with Crippen molar-refractivity contribution < 1.29 is 4.74 Å². The highest BCUT2D eigenvalue weighted by Crippen LogP contribution is 2.31. The number of aromatic nitrogens is 4. The van der Waals surface area contributed by atoms with Crippen LogP contribution < -0.4 is 4.74 Å². The molecule has 0 unspecified atom stereocenters. The fraction of sp³-hybridized carbons (Fsp3) is 0.333. The minimum atomic E-state index is 0.167. The molecule has 5 aromatic rings. The van der Waals surface area contributed by atoms with Crippen LogP contribution in [0.5, 0.6) is 5.75 Å². The lowest BCUT2D eigenvalue weighted by atomic mass is 10.00. The Morgan fingerprint density at radius 1 is 0.821 bits per heavy atom. The Balaban J connectivity index is 1.37. The summed E-state index contributed by atoms with van der Waals surface area (Å²) >= 11 is 0. The maximum atomic E-state index is 5.41. The second-order valence-corrected chi connectivity index (χ2v) is 10.6. The van der Waals surface area contributed by atoms with Crippen LogP contribution in [-0.2, 0) is 25.8 Å². The number of benzene rings is 3. The van der Waals surface area contributed by atoms with Crippen LogP contribution in [0.15, 0.2) is 85.1 Å². The topological polar surface area (TPSA) is 59.0 Å². The highest BCUT2D eigenvalue weighted by molar-refractivity contribution is 5.83. The molecule has 3 aromatic carbocycles. The number of H-pyrrole nitrogens is 1. The molecule has 0 radical (unpaired) electrons. The first-order chi connectivity index (χ1) is 19.3. The van der Waals surface area contributed by atoms with E-state index in [4.69, 9.17) is 14.9 Å². The van der Waals surface area contributed by atoms with Crippen LogP contribution in [0.1, 0.15) is 53.6 Å². The second-order valence-electron chi connectivity index (χ2n) is 10.6. The fourth-order valence-corrected chi connectivity index (χ4v) is 5.89. The normalized spacial score (nSPS) is 15.0. The summed E-state index contributed by atoms with van der Waals surface area (Å²) in [6.07, 6.45) is 8.66. The monoisotopic (exact) mass is 519 g/mol. The molecule has 0 bridgehead atoms. The van der Waals surface area contributed by atoms with E-state index in [-0.39, 0.29) is 6.04 Å². The minimum Gasteiger partial charge on any atom is -0.497 e. The molecule has 1 aliphatic rings. The van der Waals surface area contributed by atoms with E-state index in [0.29, 0.717) is 0 Å². The number of aromatic amines is 1. The van der Waals surface area contributed by atoms with Crippen molar-refractivity contribution in [3.63, 3.8) is 0 Å². The Morgan fingerprint density at radius 2 is 1.59 bits per heavy atom. The Labute approximate surface area is 230 Å². The molecule has 6 heteroatoms. The standard InChI is InChI=1S/C33H37N5O/c1-39-28-17-14-26(15-18-28)24-38-32(19-16-25-10-4-2-5-11-25)35-36-33(38)31(37-20-8-3-9-21-37)22-27-23-34-30-13-7-6-12-29(27)30/h2,4-7,10-15,17-18,23,31,34H,3,8-9,16,19-22,24H2,1H3/t31-/m1/s1. The molecule has 3 heterocycles. The SMILES string of the molecule is COc1ccc(Cn2c(CCc3ccccc3)nnc2[C@@H](Cc2c[nH]c3ccccc23)N2CCCCC2)cc1. The zero-order valence-electron chi connectivity index (χ0n) is 22.7. The van der Waals surface area contributed by atoms with Gasteiger partial charge in [-0.2, -0.15) is 0 Å². The second kappa shape index (κ2) is 11.9. The third-order valence-electron chi connectivity index (χ3n) is 8.05. The Morgan fingerprint density at radius 3 is 2.38 bits per heavy atom. The van der Waals surface area contributed by atoms with Gasteiger partial charge in [-0.3, -0.25) is 4.90 Å². The number of aryl methyl sites for hydroxylation is 2. The molecule has 2 aromatic heterocycles. The average Bonchev–Trinajstić information content (AvgIpc) is 3.60. The summed E-state index contributed by atoms with van der Waals surface area (Å²) in [5.74, 6) is 2.99. The first kappa shape index (κ1) is 25.4. The van der Waals surface area contributed by atoms with Crippen molar-refractivity contribution in [2.45, 2.75) is 51.1 Å². The molecule has 1 atom stereocenters. The van der Waals surface area contributed by atoms with E-state index in [9.17, 15) is 0 Å². The van der Waals surface area contributed by atoms with Gasteiger partial charge in [-0.1, -0.05) is 67.1 Å². The van der Waals surface area contributed by atoms with Crippen molar-refractivity contribution in [1.29, 1.82) is 0 Å². The molecule has 6 nitrogen and oxygen atoms in total. The summed E-state index contributed by atoms with van der Waals surface area (Å²) in [5, 5.41) is 11.0. The van der Waals surface area contributed by atoms with Gasteiger partial charge >= 0.3 is 0 Å². The van der Waals surface area contributed by atoms with Gasteiger partial charge in [0.05, 0.1) is 19.7 Å². The Kier molecular flexibility index (Phi) is 7.73. The lowest BCUT2D eigenvalue weighted by Gasteiger charge is -2.34. The third-order valence-corrected chi connectivity index (χ3v) is 8.05. The van der Waals surface area contributed by atoms with Crippen LogP contribution in [0, 0.1) is 0 Å². The molecule has 0 saturated carbocycles. The number of nitrogens with zero attached hydrogens (tertiary/aromatic N) is 4. The zero-order valence-corrected chi connectivity index (χ0v) is 22.7. The molecule has 1 aliphatic heterocycles. The number of para-hydroxylation sites is 1. The van der Waals surface area contributed by atoms with E-state index in [1.807, 2.05) is 12.1 Å². The van der Waals surface area contributed by atoms with Crippen LogP contribution in [-0.4, -0.2) is 44.8 Å². The van der Waals surface area contributed by atoms with E-state index in [2.05, 4.69) is 87.4 Å². The molecular weight excluding hydrogens is 482 g/mol. The summed E-state index contributed by atoms with van der Waals surface area (Å²) in [6, 6.07) is 27.8. The van der Waals surface area contributed by atoms with E-state index < -0.39 is 0 Å². The van der Waals surface area contributed by atoms with Gasteiger partial charge in [0, 0.05) is 23.5 Å². The van der Waals surface area contributed by atoms with Crippen molar-refractivity contribution in [3.8, 4) is 5.75 Å². The molecule has 0 spiro atoms. The van der Waals surface area contributed by atoms with Gasteiger partial charge in [0.25, 0.3) is 0 Å². The van der Waals surface area contributed by atoms with Gasteiger partial charge in [-0.05, 0) is 73.7 Å². The molecule has 1 saturated heterocycles. The zero-order chi connectivity index (χ0) is 26.4. The molecule has 0 amide bonds. The number of likely N-dealkylation sites (tertiary alicyclic amines) is 1. The number of hydrogen-bond donors (Lipinski definition) is 1. The number of fused-ring (bicyclic) bond motifs is 1. The largest absolute Gasteiger partial charge is 0.497 e. The van der Waals surface area contributed by atoms with Gasteiger partial charge < -0.3 is 14.3 Å². The minimum absolute atomic E-state index is 0.167. The van der Waals surface area contributed by atoms with Gasteiger partial charge in [-0.15, -0.1) is 10.2 Å². The summed E-state index contributed by atoms with van der Waals surface area (Å²) in [6.45, 7) is 2.94. The number of methoxy groups -OCH3 is 1. The van der Waals surface area contributed by atoms with E-state index in [1.54, 1.807) is 7.11 Å². The molecular formula is C33H37N5O. The van der Waals surface area contributed by atoms with Crippen LogP contribution >= 0.6 is 0 Å². The molecule has 0 aliphatic carbocycles. The van der Waals surface area contributed by atoms with E-state index in [1.165, 1.54) is 46.9 Å². The number of nitrogens with one attached hydrogen (secondary N) is 1. The maximum absolute atomic E-state index is 5.41. The summed E-state index contributed by atoms with van der Waals surface area (Å²) in [5.41, 5.74) is 5.07. The highest BCUT2D eigenvalue weighted by atomic mass is 16.5. The van der Waals surface area contributed by atoms with Gasteiger partial charge in [0.15, 0.2) is 5.82 Å². The van der Waals surface area contributed by atoms with Gasteiger partial charge in [0.2, 0.25) is 0 Å². The van der Waals surface area contributed by atoms with Gasteiger partial charge in [0.1, 0.15) is 11.6 Å². The summed E-state index contributed by atoms with van der Waals surface area (Å²) in [7, 11) is 1.71. The fourth-order valence-electron chi connectivity index (χ4n) is 5.89. The summed E-state index contributed by atoms with van der Waals surface area (Å²) < 4.78 is 7.80. The first-order valence-corrected chi connectivity index (χ1v) is 14.2. The van der Waals surface area contributed by atoms with Crippen molar-refractivity contribution in [2.24, 2.45) is 0 Å². The number of piperidine rings is 1. The summed E-state index contributed by atoms with van der Waals surface area (Å²) in [4.78, 5) is 6.12. The maximum Gasteiger partial charge on any atom is 0.151 e. The van der Waals surface area contributed by atoms with Crippen molar-refractivity contribution in [1.82, 2.24) is 24.6 Å². The van der Waals surface area contributed by atoms with Crippen molar-refractivity contribution in [3.05, 3.63) is 113 Å². The number of hydrogen-bond acceptors (Lipinski definition) is 4. The van der Waals surface area contributed by atoms with Crippen molar-refractivity contribution >= 4 is 10.9 Å². The quantitative estimate of drug-likeness (QED) is 0.233. The van der Waals surface area contributed by atoms with Crippen LogP contribution in [0.25, 0.3) is 10.9 Å². The van der Waals surface area contributed by atoms with E-state index >= 15 is 0 Å². The van der Waals surface area contributed by atoms with E-state index in [0.717, 1.165) is 56.3 Å². The third kappa shape index (κ3) is 5.76. The molecule has 6 rings (SSSR count). The molecule has 1 N–H and O–H groups in total. The molecule has 39 heavy (non-hydrogen) atoms. The lowest BCUT2D eigenvalue weighted by molar-refractivity contribution is 0.153. The van der Waals surface area contributed by atoms with Crippen LogP contribution in [0.4, 0.5) is 0 Å². The molecule has 1 fully saturated rings. The highest BCUT2D eigenvalue weighted by Gasteiger charge is 2.29. The van der Waals surface area contributed by atoms with Crippen molar-refractivity contribution in [2.75, 3.05) is 20.2 Å². The molecule has 200 valence electrons. The van der Waals surface area contributed by atoms with Crippen LogP contribution in [0.2, 0.25) is 0 Å². The predicted molar refractivity (Wildman–Crippen MR) is 156 cm³/mol. The number of ether oxygens (including phenoxy) is 1. The average molecular weight is 520 g/mol. The van der Waals surface area contributed by atoms with Gasteiger partial charge in [-0.25, -0.2) is 0 Å². The first-order valence-electron chi connectivity index (χ1n) is 14.2. The van der Waals surface area contributed by atoms with Crippen LogP contribution in [0.3, 0.4) is 0 Å². The Hall–Kier alpha value is -3.90. The lowest BCUT2D eigenvalue weighted by Crippen LogP contribution is -2.36. The predicted octanol–water partition coefficient (Wildman–Crippen LogP) is 6.37.